The van der Waals surface area contributed by atoms with Gasteiger partial charge in [0.25, 0.3) is 5.91 Å². The third-order valence-corrected chi connectivity index (χ3v) is 8.87. The molecule has 1 atom stereocenters. The SMILES string of the molecule is CCCCCN(CC)CCNC(=O)c1cn2c3c(c(N4CCC(NC)C4)c(F)cc3c1=O)Oc1cc3ccccc3cc1-2. The first kappa shape index (κ1) is 29.1. The molecule has 226 valence electrons. The quantitative estimate of drug-likeness (QED) is 0.201. The molecule has 3 aromatic carbocycles. The largest absolute Gasteiger partial charge is 0.451 e. The van der Waals surface area contributed by atoms with Gasteiger partial charge in [-0.3, -0.25) is 9.59 Å². The molecule has 1 amide bonds. The third-order valence-electron chi connectivity index (χ3n) is 8.87. The van der Waals surface area contributed by atoms with E-state index < -0.39 is 17.2 Å². The predicted octanol–water partition coefficient (Wildman–Crippen LogP) is 5.43. The number of pyridine rings is 1. The minimum atomic E-state index is -0.532. The number of hydrogen-bond donors (Lipinski definition) is 2. The Morgan fingerprint density at radius 1 is 1.12 bits per heavy atom. The number of benzene rings is 3. The highest BCUT2D eigenvalue weighted by Gasteiger charge is 2.33. The maximum atomic E-state index is 16.0. The van der Waals surface area contributed by atoms with Crippen molar-refractivity contribution in [1.82, 2.24) is 20.1 Å². The molecule has 1 aromatic heterocycles. The Bertz CT molecular complexity index is 1740. The van der Waals surface area contributed by atoms with Gasteiger partial charge < -0.3 is 29.7 Å². The van der Waals surface area contributed by atoms with E-state index in [4.69, 9.17) is 4.74 Å². The summed E-state index contributed by atoms with van der Waals surface area (Å²) in [4.78, 5) is 31.6. The Morgan fingerprint density at radius 3 is 2.63 bits per heavy atom. The number of amides is 1. The summed E-state index contributed by atoms with van der Waals surface area (Å²) in [6, 6.07) is 13.4. The van der Waals surface area contributed by atoms with Crippen molar-refractivity contribution in [2.75, 3.05) is 51.2 Å². The second-order valence-electron chi connectivity index (χ2n) is 11.6. The summed E-state index contributed by atoms with van der Waals surface area (Å²) in [5, 5.41) is 8.33. The summed E-state index contributed by atoms with van der Waals surface area (Å²) in [6.45, 7) is 8.56. The molecule has 0 bridgehead atoms. The van der Waals surface area contributed by atoms with Crippen molar-refractivity contribution in [3.8, 4) is 17.2 Å². The predicted molar refractivity (Wildman–Crippen MR) is 171 cm³/mol. The highest BCUT2D eigenvalue weighted by molar-refractivity contribution is 6.02. The van der Waals surface area contributed by atoms with E-state index in [1.165, 1.54) is 12.5 Å². The molecule has 1 saturated heterocycles. The van der Waals surface area contributed by atoms with Gasteiger partial charge in [-0.2, -0.15) is 0 Å². The Morgan fingerprint density at radius 2 is 1.91 bits per heavy atom. The van der Waals surface area contributed by atoms with Crippen LogP contribution in [0.1, 0.15) is 49.9 Å². The Hall–Kier alpha value is -3.95. The zero-order valence-electron chi connectivity index (χ0n) is 25.2. The fraction of sp³-hybridized carbons (Fsp3) is 0.412. The maximum absolute atomic E-state index is 16.0. The van der Waals surface area contributed by atoms with E-state index in [1.807, 2.05) is 52.9 Å². The standard InChI is InChI=1S/C34H40FN5O3/c1-4-6-9-14-38(5-2)16-13-37-34(42)26-21-40-28-17-22-10-7-8-11-23(22)18-29(28)43-33-30(40)25(32(26)41)19-27(35)31(33)39-15-12-24(20-39)36-3/h7-8,10-11,17-19,21,24,36H,4-6,9,12-16,20H2,1-3H3,(H,37,42). The molecule has 1 unspecified atom stereocenters. The summed E-state index contributed by atoms with van der Waals surface area (Å²) in [6.07, 6.45) is 5.92. The van der Waals surface area contributed by atoms with Gasteiger partial charge in [0.05, 0.1) is 11.1 Å². The lowest BCUT2D eigenvalue weighted by Gasteiger charge is -2.29. The molecule has 8 nitrogen and oxygen atoms in total. The van der Waals surface area contributed by atoms with Crippen LogP contribution in [-0.4, -0.2) is 67.7 Å². The topological polar surface area (TPSA) is 78.8 Å². The van der Waals surface area contributed by atoms with E-state index in [-0.39, 0.29) is 17.0 Å². The van der Waals surface area contributed by atoms with E-state index in [1.54, 1.807) is 6.20 Å². The molecule has 2 aliphatic heterocycles. The first-order valence-electron chi connectivity index (χ1n) is 15.5. The number of carbonyl (C=O) groups excluding carboxylic acids is 1. The smallest absolute Gasteiger partial charge is 0.256 e. The number of aromatic nitrogens is 1. The molecule has 2 N–H and O–H groups in total. The number of nitrogens with zero attached hydrogens (tertiary/aromatic N) is 3. The van der Waals surface area contributed by atoms with Gasteiger partial charge in [0.15, 0.2) is 17.3 Å². The molecule has 0 saturated carbocycles. The lowest BCUT2D eigenvalue weighted by Crippen LogP contribution is -2.37. The molecule has 0 radical (unpaired) electrons. The van der Waals surface area contributed by atoms with Gasteiger partial charge in [-0.25, -0.2) is 4.39 Å². The zero-order chi connectivity index (χ0) is 30.1. The van der Waals surface area contributed by atoms with Crippen LogP contribution in [0, 0.1) is 5.82 Å². The minimum absolute atomic E-state index is 0.0166. The Labute approximate surface area is 251 Å². The minimum Gasteiger partial charge on any atom is -0.451 e. The number of fused-ring (bicyclic) bond motifs is 3. The molecule has 0 aliphatic carbocycles. The molecule has 6 rings (SSSR count). The number of likely N-dealkylation sites (N-methyl/N-ethyl adjacent to an activating group) is 2. The number of halogens is 1. The van der Waals surface area contributed by atoms with Crippen LogP contribution in [0.3, 0.4) is 0 Å². The van der Waals surface area contributed by atoms with Crippen LogP contribution in [0.25, 0.3) is 27.4 Å². The van der Waals surface area contributed by atoms with Crippen LogP contribution in [0.2, 0.25) is 0 Å². The molecular formula is C34H40FN5O3. The van der Waals surface area contributed by atoms with E-state index in [9.17, 15) is 9.59 Å². The van der Waals surface area contributed by atoms with Gasteiger partial charge in [-0.15, -0.1) is 0 Å². The van der Waals surface area contributed by atoms with Crippen molar-refractivity contribution in [2.24, 2.45) is 0 Å². The van der Waals surface area contributed by atoms with Crippen LogP contribution in [-0.2, 0) is 0 Å². The molecule has 43 heavy (non-hydrogen) atoms. The van der Waals surface area contributed by atoms with Gasteiger partial charge in [0.2, 0.25) is 5.43 Å². The van der Waals surface area contributed by atoms with E-state index in [2.05, 4.69) is 29.4 Å². The fourth-order valence-corrected chi connectivity index (χ4v) is 6.38. The number of rotatable bonds is 11. The molecule has 4 aromatic rings. The van der Waals surface area contributed by atoms with Gasteiger partial charge in [0.1, 0.15) is 16.8 Å². The summed E-state index contributed by atoms with van der Waals surface area (Å²) < 4.78 is 24.3. The number of carbonyl (C=O) groups is 1. The fourth-order valence-electron chi connectivity index (χ4n) is 6.38. The van der Waals surface area contributed by atoms with Crippen LogP contribution >= 0.6 is 0 Å². The first-order valence-corrected chi connectivity index (χ1v) is 15.5. The van der Waals surface area contributed by atoms with Gasteiger partial charge in [-0.1, -0.05) is 51.0 Å². The van der Waals surface area contributed by atoms with E-state index in [0.717, 1.165) is 43.1 Å². The number of unbranched alkanes of at least 4 members (excludes halogenated alkanes) is 2. The van der Waals surface area contributed by atoms with Crippen LogP contribution in [0.4, 0.5) is 10.1 Å². The summed E-state index contributed by atoms with van der Waals surface area (Å²) in [5.41, 5.74) is 0.995. The van der Waals surface area contributed by atoms with Crippen molar-refractivity contribution < 1.29 is 13.9 Å². The average molecular weight is 586 g/mol. The lowest BCUT2D eigenvalue weighted by molar-refractivity contribution is 0.0947. The lowest BCUT2D eigenvalue weighted by atomic mass is 10.0. The molecule has 2 aliphatic rings. The average Bonchev–Trinajstić information content (AvgIpc) is 3.49. The maximum Gasteiger partial charge on any atom is 0.256 e. The van der Waals surface area contributed by atoms with E-state index >= 15 is 4.39 Å². The van der Waals surface area contributed by atoms with Crippen molar-refractivity contribution in [3.63, 3.8) is 0 Å². The normalized spacial score (nSPS) is 15.7. The Balaban J connectivity index is 1.43. The van der Waals surface area contributed by atoms with Crippen LogP contribution < -0.4 is 25.7 Å². The van der Waals surface area contributed by atoms with Gasteiger partial charge in [0, 0.05) is 38.4 Å². The van der Waals surface area contributed by atoms with Crippen molar-refractivity contribution in [1.29, 1.82) is 0 Å². The number of nitrogens with one attached hydrogen (secondary N) is 2. The zero-order valence-corrected chi connectivity index (χ0v) is 25.2. The highest BCUT2D eigenvalue weighted by Crippen LogP contribution is 2.48. The summed E-state index contributed by atoms with van der Waals surface area (Å²) >= 11 is 0. The number of ether oxygens (including phenoxy) is 1. The monoisotopic (exact) mass is 585 g/mol. The Kier molecular flexibility index (Phi) is 8.36. The van der Waals surface area contributed by atoms with Crippen LogP contribution in [0.5, 0.6) is 11.5 Å². The van der Waals surface area contributed by atoms with Crippen molar-refractivity contribution >= 4 is 33.3 Å². The highest BCUT2D eigenvalue weighted by atomic mass is 19.1. The second-order valence-corrected chi connectivity index (χ2v) is 11.6. The van der Waals surface area contributed by atoms with Gasteiger partial charge in [-0.05, 0) is 62.0 Å². The second kappa shape index (κ2) is 12.3. The molecule has 3 heterocycles. The molecule has 9 heteroatoms. The van der Waals surface area contributed by atoms with Crippen molar-refractivity contribution in [3.05, 3.63) is 70.3 Å². The van der Waals surface area contributed by atoms with Gasteiger partial charge >= 0.3 is 0 Å². The third kappa shape index (κ3) is 5.47. The van der Waals surface area contributed by atoms with Crippen molar-refractivity contribution in [2.45, 2.75) is 45.6 Å². The number of hydrogen-bond acceptors (Lipinski definition) is 6. The molecule has 0 spiro atoms. The number of anilines is 1. The summed E-state index contributed by atoms with van der Waals surface area (Å²) in [5.74, 6) is -0.138. The molecular weight excluding hydrogens is 545 g/mol. The van der Waals surface area contributed by atoms with Crippen LogP contribution in [0.15, 0.2) is 53.5 Å². The summed E-state index contributed by atoms with van der Waals surface area (Å²) in [7, 11) is 1.91. The first-order chi connectivity index (χ1) is 20.9. The van der Waals surface area contributed by atoms with E-state index in [0.29, 0.717) is 54.6 Å². The molecule has 1 fully saturated rings.